The zero-order valence-corrected chi connectivity index (χ0v) is 27.3. The van der Waals surface area contributed by atoms with E-state index in [9.17, 15) is 19.2 Å². The Labute approximate surface area is 280 Å². The second-order valence-corrected chi connectivity index (χ2v) is 13.9. The van der Waals surface area contributed by atoms with E-state index in [2.05, 4.69) is 45.2 Å². The third kappa shape index (κ3) is 4.00. The van der Waals surface area contributed by atoms with Crippen LogP contribution in [0.4, 0.5) is 11.4 Å². The molecule has 44 heavy (non-hydrogen) atoms. The van der Waals surface area contributed by atoms with Gasteiger partial charge in [0.25, 0.3) is 11.8 Å². The van der Waals surface area contributed by atoms with E-state index >= 15 is 0 Å². The van der Waals surface area contributed by atoms with E-state index in [0.29, 0.717) is 11.4 Å². The minimum absolute atomic E-state index is 0.306. The van der Waals surface area contributed by atoms with Gasteiger partial charge in [-0.05, 0) is 105 Å². The highest BCUT2D eigenvalue weighted by Crippen LogP contribution is 2.59. The van der Waals surface area contributed by atoms with Crippen LogP contribution in [0.25, 0.3) is 0 Å². The predicted molar refractivity (Wildman–Crippen MR) is 180 cm³/mol. The number of carbonyl (C=O) groups is 4. The highest BCUT2D eigenvalue weighted by atomic mass is 127. The summed E-state index contributed by atoms with van der Waals surface area (Å²) in [6, 6.07) is 30.7. The molecule has 4 aliphatic rings. The van der Waals surface area contributed by atoms with Crippen LogP contribution < -0.4 is 9.80 Å². The van der Waals surface area contributed by atoms with Gasteiger partial charge in [0.2, 0.25) is 11.8 Å². The molecular formula is C34H24I2N4O4. The maximum absolute atomic E-state index is 14.4. The van der Waals surface area contributed by atoms with Crippen LogP contribution in [-0.2, 0) is 19.2 Å². The fraction of sp³-hybridized carbons (Fsp3) is 0.176. The third-order valence-corrected chi connectivity index (χ3v) is 10.6. The summed E-state index contributed by atoms with van der Waals surface area (Å²) < 4.78 is 1.98. The lowest BCUT2D eigenvalue weighted by molar-refractivity contribution is -0.136. The molecule has 6 unspecified atom stereocenters. The molecule has 0 aliphatic carbocycles. The third-order valence-electron chi connectivity index (χ3n) is 9.18. The number of hydrogen-bond donors (Lipinski definition) is 0. The first-order chi connectivity index (χ1) is 21.4. The Morgan fingerprint density at radius 2 is 0.750 bits per heavy atom. The maximum atomic E-state index is 14.4. The highest BCUT2D eigenvalue weighted by Gasteiger charge is 2.73. The number of hydrogen-bond acceptors (Lipinski definition) is 6. The number of rotatable bonds is 4. The number of benzene rings is 4. The molecule has 6 atom stereocenters. The summed E-state index contributed by atoms with van der Waals surface area (Å²) in [5, 5.41) is 3.81. The van der Waals surface area contributed by atoms with Crippen molar-refractivity contribution in [3.8, 4) is 0 Å². The second kappa shape index (κ2) is 10.6. The number of fused-ring (bicyclic) bond motifs is 5. The van der Waals surface area contributed by atoms with Gasteiger partial charge in [-0.25, -0.2) is 19.8 Å². The van der Waals surface area contributed by atoms with Crippen molar-refractivity contribution in [1.29, 1.82) is 0 Å². The normalized spacial score (nSPS) is 28.1. The summed E-state index contributed by atoms with van der Waals surface area (Å²) in [6.07, 6.45) is 0. The lowest BCUT2D eigenvalue weighted by atomic mass is 9.84. The highest BCUT2D eigenvalue weighted by molar-refractivity contribution is 14.1. The van der Waals surface area contributed by atoms with E-state index in [1.807, 2.05) is 94.9 Å². The average molecular weight is 806 g/mol. The van der Waals surface area contributed by atoms with Crippen molar-refractivity contribution in [2.24, 2.45) is 11.8 Å². The van der Waals surface area contributed by atoms with Gasteiger partial charge in [0.05, 0.1) is 35.3 Å². The first-order valence-corrected chi connectivity index (χ1v) is 16.5. The van der Waals surface area contributed by atoms with Gasteiger partial charge < -0.3 is 0 Å². The molecule has 10 heteroatoms. The first kappa shape index (κ1) is 28.0. The summed E-state index contributed by atoms with van der Waals surface area (Å²) in [4.78, 5) is 60.2. The Hall–Kier alpha value is -3.46. The van der Waals surface area contributed by atoms with Crippen molar-refractivity contribution in [3.63, 3.8) is 0 Å². The summed E-state index contributed by atoms with van der Waals surface area (Å²) in [7, 11) is 0. The van der Waals surface area contributed by atoms with Crippen molar-refractivity contribution in [1.82, 2.24) is 10.0 Å². The number of halogens is 2. The number of amides is 4. The van der Waals surface area contributed by atoms with Gasteiger partial charge in [0, 0.05) is 7.14 Å². The number of carbonyl (C=O) groups excluding carboxylic acids is 4. The molecule has 4 aromatic rings. The van der Waals surface area contributed by atoms with E-state index in [4.69, 9.17) is 0 Å². The van der Waals surface area contributed by atoms with Crippen LogP contribution in [0.1, 0.15) is 23.2 Å². The number of anilines is 2. The van der Waals surface area contributed by atoms with Gasteiger partial charge in [0.15, 0.2) is 0 Å². The smallest absolute Gasteiger partial charge is 0.253 e. The molecule has 0 spiro atoms. The minimum Gasteiger partial charge on any atom is -0.274 e. The van der Waals surface area contributed by atoms with Gasteiger partial charge in [-0.1, -0.05) is 60.7 Å². The lowest BCUT2D eigenvalue weighted by Gasteiger charge is -2.35. The standard InChI is InChI=1S/C34H24I2N4O4/c35-21-11-15-23(16-12-21)37-31(41)25-27(19-7-3-1-4-8-19)39-30-26(32(42)38(34(30)44)24-17-13-22(36)14-18-24)28(20-9-5-2-6-10-20)40(39)29(25)33(37)43/h1-18,25-30H. The summed E-state index contributed by atoms with van der Waals surface area (Å²) in [5.41, 5.74) is 2.66. The zero-order valence-electron chi connectivity index (χ0n) is 23.0. The van der Waals surface area contributed by atoms with E-state index < -0.39 is 36.0 Å². The van der Waals surface area contributed by atoms with Crippen LogP contribution in [0.3, 0.4) is 0 Å². The molecule has 4 amide bonds. The number of imide groups is 2. The molecule has 4 aliphatic heterocycles. The number of nitrogens with zero attached hydrogens (tertiary/aromatic N) is 4. The first-order valence-electron chi connectivity index (χ1n) is 14.3. The van der Waals surface area contributed by atoms with Crippen molar-refractivity contribution in [2.75, 3.05) is 9.80 Å². The molecule has 0 saturated carbocycles. The monoisotopic (exact) mass is 806 g/mol. The van der Waals surface area contributed by atoms with E-state index in [1.165, 1.54) is 9.80 Å². The van der Waals surface area contributed by atoms with Crippen LogP contribution in [0.5, 0.6) is 0 Å². The van der Waals surface area contributed by atoms with E-state index in [0.717, 1.165) is 18.3 Å². The Morgan fingerprint density at radius 3 is 1.09 bits per heavy atom. The van der Waals surface area contributed by atoms with Crippen LogP contribution >= 0.6 is 45.2 Å². The SMILES string of the molecule is O=C1C2C(C(=O)N1c1ccc(I)cc1)N1C(c3ccccc3)C3C(=O)N(c4ccc(I)cc4)C(=O)C3N1C2c1ccccc1. The van der Waals surface area contributed by atoms with Crippen molar-refractivity contribution >= 4 is 80.2 Å². The molecule has 4 fully saturated rings. The minimum atomic E-state index is -0.879. The molecule has 0 aromatic heterocycles. The fourth-order valence-corrected chi connectivity index (χ4v) is 8.21. The molecule has 4 saturated heterocycles. The maximum Gasteiger partial charge on any atom is 0.253 e. The molecule has 218 valence electrons. The van der Waals surface area contributed by atoms with Crippen LogP contribution in [0.15, 0.2) is 109 Å². The quantitative estimate of drug-likeness (QED) is 0.205. The van der Waals surface area contributed by atoms with Crippen molar-refractivity contribution < 1.29 is 19.2 Å². The summed E-state index contributed by atoms with van der Waals surface area (Å²) in [6.45, 7) is 0. The largest absolute Gasteiger partial charge is 0.274 e. The molecule has 0 bridgehead atoms. The molecule has 4 aromatic carbocycles. The average Bonchev–Trinajstić information content (AvgIpc) is 3.71. The lowest BCUT2D eigenvalue weighted by Crippen LogP contribution is -2.50. The van der Waals surface area contributed by atoms with Crippen molar-refractivity contribution in [3.05, 3.63) is 127 Å². The number of hydrazine groups is 1. The van der Waals surface area contributed by atoms with Gasteiger partial charge in [-0.3, -0.25) is 19.2 Å². The van der Waals surface area contributed by atoms with E-state index in [-0.39, 0.29) is 23.6 Å². The fourth-order valence-electron chi connectivity index (χ4n) is 7.49. The van der Waals surface area contributed by atoms with Crippen molar-refractivity contribution in [2.45, 2.75) is 24.2 Å². The van der Waals surface area contributed by atoms with Gasteiger partial charge in [-0.15, -0.1) is 0 Å². The van der Waals surface area contributed by atoms with Crippen LogP contribution in [-0.4, -0.2) is 45.7 Å². The topological polar surface area (TPSA) is 81.2 Å². The van der Waals surface area contributed by atoms with Gasteiger partial charge in [0.1, 0.15) is 12.1 Å². The Kier molecular flexibility index (Phi) is 6.74. The molecular weight excluding hydrogens is 782 g/mol. The van der Waals surface area contributed by atoms with E-state index in [1.54, 1.807) is 24.3 Å². The molecule has 8 nitrogen and oxygen atoms in total. The second-order valence-electron chi connectivity index (χ2n) is 11.4. The molecule has 4 heterocycles. The predicted octanol–water partition coefficient (Wildman–Crippen LogP) is 5.34. The zero-order chi connectivity index (χ0) is 30.3. The molecule has 8 rings (SSSR count). The van der Waals surface area contributed by atoms with Crippen LogP contribution in [0.2, 0.25) is 0 Å². The Bertz CT molecular complexity index is 1690. The van der Waals surface area contributed by atoms with Gasteiger partial charge in [-0.2, -0.15) is 0 Å². The summed E-state index contributed by atoms with van der Waals surface area (Å²) >= 11 is 4.38. The molecule has 0 N–H and O–H groups in total. The Balaban J connectivity index is 1.32. The van der Waals surface area contributed by atoms with Gasteiger partial charge >= 0.3 is 0 Å². The Morgan fingerprint density at radius 1 is 0.409 bits per heavy atom. The van der Waals surface area contributed by atoms with Crippen LogP contribution in [0, 0.1) is 19.0 Å². The molecule has 0 radical (unpaired) electrons. The summed E-state index contributed by atoms with van der Waals surface area (Å²) in [5.74, 6) is -2.85.